The summed E-state index contributed by atoms with van der Waals surface area (Å²) in [6.07, 6.45) is 1.47. The van der Waals surface area contributed by atoms with Crippen LogP contribution in [0.25, 0.3) is 10.9 Å². The zero-order valence-corrected chi connectivity index (χ0v) is 9.45. The Balaban J connectivity index is 2.61. The second-order valence-corrected chi connectivity index (χ2v) is 3.59. The van der Waals surface area contributed by atoms with Gasteiger partial charge in [-0.15, -0.1) is 0 Å². The summed E-state index contributed by atoms with van der Waals surface area (Å²) < 4.78 is 5.36. The van der Waals surface area contributed by atoms with Crippen LogP contribution in [0.2, 0.25) is 5.02 Å². The van der Waals surface area contributed by atoms with E-state index in [4.69, 9.17) is 21.6 Å². The number of nitrogens with zero attached hydrogens (tertiary/aromatic N) is 2. The van der Waals surface area contributed by atoms with E-state index in [2.05, 4.69) is 4.98 Å². The van der Waals surface area contributed by atoms with Crippen LogP contribution in [0.5, 0.6) is 5.75 Å². The monoisotopic (exact) mass is 232 g/mol. The summed E-state index contributed by atoms with van der Waals surface area (Å²) in [6, 6.07) is 7.45. The molecule has 1 heterocycles. The van der Waals surface area contributed by atoms with Crippen molar-refractivity contribution in [1.29, 1.82) is 5.26 Å². The number of rotatable bonds is 2. The van der Waals surface area contributed by atoms with Crippen molar-refractivity contribution < 1.29 is 4.74 Å². The predicted octanol–water partition coefficient (Wildman–Crippen LogP) is 3.16. The van der Waals surface area contributed by atoms with Crippen LogP contribution in [-0.2, 0) is 0 Å². The number of fused-ring (bicyclic) bond motifs is 1. The smallest absolute Gasteiger partial charge is 0.121 e. The fourth-order valence-electron chi connectivity index (χ4n) is 1.47. The summed E-state index contributed by atoms with van der Waals surface area (Å²) in [4.78, 5) is 4.17. The van der Waals surface area contributed by atoms with Crippen LogP contribution in [0.3, 0.4) is 0 Å². The van der Waals surface area contributed by atoms with Crippen molar-refractivity contribution >= 4 is 22.5 Å². The summed E-state index contributed by atoms with van der Waals surface area (Å²) in [5.41, 5.74) is 1.12. The fraction of sp³-hybridized carbons (Fsp3) is 0.167. The molecule has 0 atom stereocenters. The highest BCUT2D eigenvalue weighted by atomic mass is 35.5. The minimum absolute atomic E-state index is 0.387. The van der Waals surface area contributed by atoms with E-state index >= 15 is 0 Å². The van der Waals surface area contributed by atoms with E-state index in [0.29, 0.717) is 17.2 Å². The first-order valence-electron chi connectivity index (χ1n) is 4.87. The molecule has 0 saturated carbocycles. The van der Waals surface area contributed by atoms with Gasteiger partial charge in [0.05, 0.1) is 22.7 Å². The third-order valence-electron chi connectivity index (χ3n) is 2.21. The maximum absolute atomic E-state index is 8.82. The van der Waals surface area contributed by atoms with Crippen LogP contribution < -0.4 is 4.74 Å². The summed E-state index contributed by atoms with van der Waals surface area (Å²) in [6.45, 7) is 2.53. The van der Waals surface area contributed by atoms with Gasteiger partial charge in [-0.05, 0) is 19.1 Å². The average molecular weight is 233 g/mol. The lowest BCUT2D eigenvalue weighted by molar-refractivity contribution is 0.340. The van der Waals surface area contributed by atoms with E-state index in [1.165, 1.54) is 6.20 Å². The van der Waals surface area contributed by atoms with Gasteiger partial charge in [0.25, 0.3) is 0 Å². The van der Waals surface area contributed by atoms with Crippen molar-refractivity contribution in [1.82, 2.24) is 4.98 Å². The highest BCUT2D eigenvalue weighted by molar-refractivity contribution is 6.36. The van der Waals surface area contributed by atoms with E-state index < -0.39 is 0 Å². The van der Waals surface area contributed by atoms with E-state index in [-0.39, 0.29) is 0 Å². The first-order valence-corrected chi connectivity index (χ1v) is 5.25. The van der Waals surface area contributed by atoms with Gasteiger partial charge >= 0.3 is 0 Å². The molecule has 1 aromatic carbocycles. The molecule has 4 heteroatoms. The van der Waals surface area contributed by atoms with Gasteiger partial charge in [-0.1, -0.05) is 11.6 Å². The Labute approximate surface area is 98.2 Å². The number of hydrogen-bond donors (Lipinski definition) is 0. The quantitative estimate of drug-likeness (QED) is 0.799. The molecule has 2 rings (SSSR count). The molecular formula is C12H9ClN2O. The van der Waals surface area contributed by atoms with Crippen molar-refractivity contribution in [3.8, 4) is 11.8 Å². The fourth-order valence-corrected chi connectivity index (χ4v) is 1.72. The maximum Gasteiger partial charge on any atom is 0.121 e. The first-order chi connectivity index (χ1) is 7.76. The molecule has 2 aromatic rings. The highest BCUT2D eigenvalue weighted by Crippen LogP contribution is 2.27. The van der Waals surface area contributed by atoms with Crippen molar-refractivity contribution in [2.24, 2.45) is 0 Å². The Hall–Kier alpha value is -1.79. The van der Waals surface area contributed by atoms with Crippen LogP contribution >= 0.6 is 11.6 Å². The number of hydrogen-bond acceptors (Lipinski definition) is 3. The van der Waals surface area contributed by atoms with Crippen LogP contribution in [0.15, 0.2) is 24.4 Å². The minimum atomic E-state index is 0.387. The normalized spacial score (nSPS) is 10.1. The minimum Gasteiger partial charge on any atom is -0.494 e. The number of nitriles is 1. The molecule has 0 aliphatic heterocycles. The molecule has 0 N–H and O–H groups in total. The highest BCUT2D eigenvalue weighted by Gasteiger charge is 2.06. The molecule has 80 valence electrons. The van der Waals surface area contributed by atoms with Crippen molar-refractivity contribution in [3.05, 3.63) is 35.0 Å². The van der Waals surface area contributed by atoms with E-state index in [1.807, 2.05) is 31.2 Å². The number of benzene rings is 1. The van der Waals surface area contributed by atoms with Crippen LogP contribution in [0.4, 0.5) is 0 Å². The summed E-state index contributed by atoms with van der Waals surface area (Å²) in [5.74, 6) is 0.753. The van der Waals surface area contributed by atoms with Gasteiger partial charge in [0.2, 0.25) is 0 Å². The van der Waals surface area contributed by atoms with Crippen LogP contribution in [0, 0.1) is 11.3 Å². The lowest BCUT2D eigenvalue weighted by atomic mass is 10.1. The number of halogens is 1. The lowest BCUT2D eigenvalue weighted by Gasteiger charge is -2.05. The van der Waals surface area contributed by atoms with Crippen LogP contribution in [-0.4, -0.2) is 11.6 Å². The zero-order valence-electron chi connectivity index (χ0n) is 8.70. The van der Waals surface area contributed by atoms with Gasteiger partial charge in [0.15, 0.2) is 0 Å². The van der Waals surface area contributed by atoms with Gasteiger partial charge in [0, 0.05) is 17.6 Å². The number of pyridine rings is 1. The molecule has 0 amide bonds. The van der Waals surface area contributed by atoms with Crippen molar-refractivity contribution in [2.45, 2.75) is 6.92 Å². The number of ether oxygens (including phenoxy) is 1. The molecule has 0 aliphatic rings. The van der Waals surface area contributed by atoms with E-state index in [0.717, 1.165) is 16.7 Å². The second kappa shape index (κ2) is 4.38. The van der Waals surface area contributed by atoms with E-state index in [9.17, 15) is 0 Å². The predicted molar refractivity (Wildman–Crippen MR) is 62.6 cm³/mol. The summed E-state index contributed by atoms with van der Waals surface area (Å²) >= 11 is 6.07. The molecule has 0 radical (unpaired) electrons. The third-order valence-corrected chi connectivity index (χ3v) is 2.61. The molecule has 0 unspecified atom stereocenters. The van der Waals surface area contributed by atoms with Gasteiger partial charge < -0.3 is 4.74 Å². The molecule has 16 heavy (non-hydrogen) atoms. The van der Waals surface area contributed by atoms with Gasteiger partial charge in [0.1, 0.15) is 11.8 Å². The summed E-state index contributed by atoms with van der Waals surface area (Å²) in [7, 11) is 0. The first kappa shape index (κ1) is 10.7. The standard InChI is InChI=1S/C12H9ClN2O/c1-2-16-9-3-4-10-11(5-9)15-7-8(6-14)12(10)13/h3-5,7H,2H2,1H3. The summed E-state index contributed by atoms with van der Waals surface area (Å²) in [5, 5.41) is 10.0. The van der Waals surface area contributed by atoms with E-state index in [1.54, 1.807) is 0 Å². The average Bonchev–Trinajstić information content (AvgIpc) is 2.30. The van der Waals surface area contributed by atoms with Gasteiger partial charge in [-0.25, -0.2) is 0 Å². The largest absolute Gasteiger partial charge is 0.494 e. The van der Waals surface area contributed by atoms with Crippen molar-refractivity contribution in [2.75, 3.05) is 6.61 Å². The Bertz CT molecular complexity index is 575. The van der Waals surface area contributed by atoms with Crippen molar-refractivity contribution in [3.63, 3.8) is 0 Å². The third kappa shape index (κ3) is 1.80. The molecule has 3 nitrogen and oxygen atoms in total. The molecule has 1 aromatic heterocycles. The molecule has 0 saturated heterocycles. The molecule has 0 fully saturated rings. The Morgan fingerprint density at radius 2 is 2.31 bits per heavy atom. The maximum atomic E-state index is 8.82. The zero-order chi connectivity index (χ0) is 11.5. The Kier molecular flexibility index (Phi) is 2.93. The topological polar surface area (TPSA) is 45.9 Å². The lowest BCUT2D eigenvalue weighted by Crippen LogP contribution is -1.92. The Morgan fingerprint density at radius 3 is 3.00 bits per heavy atom. The molecule has 0 aliphatic carbocycles. The Morgan fingerprint density at radius 1 is 1.50 bits per heavy atom. The van der Waals surface area contributed by atoms with Gasteiger partial charge in [-0.3, -0.25) is 4.98 Å². The second-order valence-electron chi connectivity index (χ2n) is 3.21. The van der Waals surface area contributed by atoms with Crippen LogP contribution in [0.1, 0.15) is 12.5 Å². The number of aromatic nitrogens is 1. The molecule has 0 spiro atoms. The SMILES string of the molecule is CCOc1ccc2c(Cl)c(C#N)cnc2c1. The molecular weight excluding hydrogens is 224 g/mol. The molecule has 0 bridgehead atoms. The van der Waals surface area contributed by atoms with Gasteiger partial charge in [-0.2, -0.15) is 5.26 Å².